The van der Waals surface area contributed by atoms with Gasteiger partial charge in [0.1, 0.15) is 22.6 Å². The smallest absolute Gasteiger partial charge is 0.349 e. The zero-order valence-corrected chi connectivity index (χ0v) is 21.5. The minimum Gasteiger partial charge on any atom is -0.349 e. The number of hydrogen-bond donors (Lipinski definition) is 2. The predicted octanol–water partition coefficient (Wildman–Crippen LogP) is 4.74. The van der Waals surface area contributed by atoms with Crippen molar-refractivity contribution >= 4 is 15.9 Å². The Morgan fingerprint density at radius 3 is 2.47 bits per heavy atom. The van der Waals surface area contributed by atoms with Gasteiger partial charge < -0.3 is 5.32 Å². The van der Waals surface area contributed by atoms with Crippen LogP contribution in [-0.4, -0.2) is 44.5 Å². The number of carbonyl (C=O) groups excluding carboxylic acids is 1. The maximum atomic E-state index is 13.9. The molecule has 6 nitrogen and oxygen atoms in total. The van der Waals surface area contributed by atoms with E-state index in [1.165, 1.54) is 24.0 Å². The van der Waals surface area contributed by atoms with E-state index in [2.05, 4.69) is 16.3 Å². The van der Waals surface area contributed by atoms with Crippen LogP contribution in [0.25, 0.3) is 0 Å². The average molecular weight is 560 g/mol. The lowest BCUT2D eigenvalue weighted by Gasteiger charge is -2.30. The molecule has 2 N–H and O–H groups in total. The Bertz CT molecular complexity index is 1260. The lowest BCUT2D eigenvalue weighted by molar-refractivity contribution is -0.158. The summed E-state index contributed by atoms with van der Waals surface area (Å²) in [5, 5.41) is 2.61. The number of piperidine rings is 1. The van der Waals surface area contributed by atoms with Crippen LogP contribution in [0.3, 0.4) is 0 Å². The second-order valence-corrected chi connectivity index (χ2v) is 11.6. The molecule has 1 amide bonds. The Morgan fingerprint density at radius 2 is 1.76 bits per heavy atom. The second kappa shape index (κ2) is 11.7. The molecular weight excluding hydrogens is 529 g/mol. The first-order valence-electron chi connectivity index (χ1n) is 12.6. The number of nitrogens with zero attached hydrogens (tertiary/aromatic N) is 1. The van der Waals surface area contributed by atoms with Gasteiger partial charge in [0.05, 0.1) is 12.5 Å². The predicted molar refractivity (Wildman–Crippen MR) is 131 cm³/mol. The first-order valence-corrected chi connectivity index (χ1v) is 14.1. The van der Waals surface area contributed by atoms with Gasteiger partial charge >= 0.3 is 6.18 Å². The first kappa shape index (κ1) is 28.4. The Hall–Kier alpha value is -2.57. The van der Waals surface area contributed by atoms with Crippen LogP contribution < -0.4 is 10.0 Å². The minimum absolute atomic E-state index is 0.281. The summed E-state index contributed by atoms with van der Waals surface area (Å²) in [4.78, 5) is 13.8. The van der Waals surface area contributed by atoms with Crippen molar-refractivity contribution in [2.45, 2.75) is 74.6 Å². The van der Waals surface area contributed by atoms with Crippen molar-refractivity contribution in [3.05, 3.63) is 64.7 Å². The zero-order chi connectivity index (χ0) is 27.5. The molecule has 38 heavy (non-hydrogen) atoms. The highest BCUT2D eigenvalue weighted by molar-refractivity contribution is 7.89. The molecule has 2 aromatic rings. The molecule has 2 aliphatic rings. The number of nitrogens with one attached hydrogen (secondary N) is 2. The standard InChI is InChI=1S/C26H30F5N3O3S/c27-19-8-10-21(28)23(14-19)38(36,37)33-24(26(29,30)31)15-25(35)32-22-6-4-5-18-13-17(7-9-20(18)22)16-34-11-2-1-3-12-34/h7-10,13-14,22,24,33H,1-6,11-12,15-16H2,(H,32,35)/t22-,24-/m1/s1. The first-order chi connectivity index (χ1) is 17.9. The Labute approximate surface area is 218 Å². The molecule has 0 aromatic heterocycles. The van der Waals surface area contributed by atoms with E-state index in [1.807, 2.05) is 12.1 Å². The van der Waals surface area contributed by atoms with Gasteiger partial charge in [-0.2, -0.15) is 17.9 Å². The van der Waals surface area contributed by atoms with E-state index in [9.17, 15) is 35.2 Å². The third-order valence-electron chi connectivity index (χ3n) is 6.98. The van der Waals surface area contributed by atoms with Crippen LogP contribution >= 0.6 is 0 Å². The summed E-state index contributed by atoms with van der Waals surface area (Å²) in [6.45, 7) is 2.92. The topological polar surface area (TPSA) is 78.5 Å². The van der Waals surface area contributed by atoms with E-state index in [1.54, 1.807) is 0 Å². The molecule has 208 valence electrons. The largest absolute Gasteiger partial charge is 0.405 e. The highest BCUT2D eigenvalue weighted by Gasteiger charge is 2.44. The number of fused-ring (bicyclic) bond motifs is 1. The van der Waals surface area contributed by atoms with Crippen molar-refractivity contribution < 1.29 is 35.2 Å². The molecule has 1 aliphatic carbocycles. The molecule has 0 radical (unpaired) electrons. The van der Waals surface area contributed by atoms with Gasteiger partial charge in [-0.1, -0.05) is 24.6 Å². The van der Waals surface area contributed by atoms with Crippen molar-refractivity contribution in [2.75, 3.05) is 13.1 Å². The highest BCUT2D eigenvalue weighted by Crippen LogP contribution is 2.32. The Morgan fingerprint density at radius 1 is 1.03 bits per heavy atom. The number of halogens is 5. The summed E-state index contributed by atoms with van der Waals surface area (Å²) in [6, 6.07) is 4.03. The van der Waals surface area contributed by atoms with Crippen LogP contribution in [0.4, 0.5) is 22.0 Å². The highest BCUT2D eigenvalue weighted by atomic mass is 32.2. The molecular formula is C26H30F5N3O3S. The fourth-order valence-electron chi connectivity index (χ4n) is 5.09. The van der Waals surface area contributed by atoms with Crippen molar-refractivity contribution in [2.24, 2.45) is 0 Å². The maximum Gasteiger partial charge on any atom is 0.405 e. The molecule has 1 aliphatic heterocycles. The Kier molecular flexibility index (Phi) is 8.73. The van der Waals surface area contributed by atoms with Crippen molar-refractivity contribution in [1.82, 2.24) is 14.9 Å². The third kappa shape index (κ3) is 7.09. The molecule has 0 spiro atoms. The van der Waals surface area contributed by atoms with E-state index in [0.717, 1.165) is 49.2 Å². The van der Waals surface area contributed by atoms with Gasteiger partial charge in [0.2, 0.25) is 15.9 Å². The molecule has 2 atom stereocenters. The van der Waals surface area contributed by atoms with E-state index >= 15 is 0 Å². The van der Waals surface area contributed by atoms with Gasteiger partial charge in [0, 0.05) is 6.54 Å². The number of hydrogen-bond acceptors (Lipinski definition) is 4. The fourth-order valence-corrected chi connectivity index (χ4v) is 6.40. The van der Waals surface area contributed by atoms with E-state index in [-0.39, 0.29) is 6.07 Å². The normalized spacial score (nSPS) is 19.6. The molecule has 12 heteroatoms. The number of sulfonamides is 1. The lowest BCUT2D eigenvalue weighted by Crippen LogP contribution is -2.48. The molecule has 4 rings (SSSR count). The number of likely N-dealkylation sites (tertiary alicyclic amines) is 1. The van der Waals surface area contributed by atoms with Crippen LogP contribution in [0.15, 0.2) is 41.3 Å². The van der Waals surface area contributed by atoms with Gasteiger partial charge in [0.15, 0.2) is 0 Å². The third-order valence-corrected chi connectivity index (χ3v) is 8.46. The van der Waals surface area contributed by atoms with Gasteiger partial charge in [-0.3, -0.25) is 9.69 Å². The Balaban J connectivity index is 1.44. The summed E-state index contributed by atoms with van der Waals surface area (Å²) in [7, 11) is -5.11. The van der Waals surface area contributed by atoms with Crippen LogP contribution in [0.1, 0.15) is 61.3 Å². The van der Waals surface area contributed by atoms with E-state index in [0.29, 0.717) is 18.6 Å². The van der Waals surface area contributed by atoms with E-state index in [4.69, 9.17) is 0 Å². The summed E-state index contributed by atoms with van der Waals surface area (Å²) < 4.78 is 94.6. The zero-order valence-electron chi connectivity index (χ0n) is 20.7. The average Bonchev–Trinajstić information content (AvgIpc) is 2.85. The summed E-state index contributed by atoms with van der Waals surface area (Å²) >= 11 is 0. The van der Waals surface area contributed by atoms with Gasteiger partial charge in [-0.15, -0.1) is 0 Å². The monoisotopic (exact) mass is 559 g/mol. The van der Waals surface area contributed by atoms with E-state index < -0.39 is 57.1 Å². The molecule has 1 saturated heterocycles. The lowest BCUT2D eigenvalue weighted by atomic mass is 9.86. The number of aryl methyl sites for hydroxylation is 1. The molecule has 0 bridgehead atoms. The van der Waals surface area contributed by atoms with Crippen LogP contribution in [0, 0.1) is 11.6 Å². The van der Waals surface area contributed by atoms with Gasteiger partial charge in [-0.25, -0.2) is 17.2 Å². The molecule has 0 unspecified atom stereocenters. The van der Waals surface area contributed by atoms with Gasteiger partial charge in [-0.05, 0) is 80.1 Å². The van der Waals surface area contributed by atoms with Crippen molar-refractivity contribution in [3.63, 3.8) is 0 Å². The van der Waals surface area contributed by atoms with Crippen LogP contribution in [0.5, 0.6) is 0 Å². The summed E-state index contributed by atoms with van der Waals surface area (Å²) in [5.74, 6) is -3.56. The number of carbonyl (C=O) groups is 1. The molecule has 2 aromatic carbocycles. The fraction of sp³-hybridized carbons (Fsp3) is 0.500. The number of benzene rings is 2. The summed E-state index contributed by atoms with van der Waals surface area (Å²) in [5.41, 5.74) is 3.01. The minimum atomic E-state index is -5.15. The van der Waals surface area contributed by atoms with Gasteiger partial charge in [0.25, 0.3) is 0 Å². The van der Waals surface area contributed by atoms with Crippen molar-refractivity contribution in [3.8, 4) is 0 Å². The SMILES string of the molecule is O=C(C[C@@H](NS(=O)(=O)c1cc(F)ccc1F)C(F)(F)F)N[C@@H]1CCCc2cc(CN3CCCCC3)ccc21. The number of rotatable bonds is 8. The molecule has 1 fully saturated rings. The molecule has 1 heterocycles. The number of alkyl halides is 3. The van der Waals surface area contributed by atoms with Crippen LogP contribution in [0.2, 0.25) is 0 Å². The summed E-state index contributed by atoms with van der Waals surface area (Å²) in [6.07, 6.45) is -0.766. The maximum absolute atomic E-state index is 13.9. The van der Waals surface area contributed by atoms with Crippen LogP contribution in [-0.2, 0) is 27.8 Å². The molecule has 0 saturated carbocycles. The second-order valence-electron chi connectivity index (χ2n) is 9.88. The number of amides is 1. The van der Waals surface area contributed by atoms with Crippen molar-refractivity contribution in [1.29, 1.82) is 0 Å². The quantitative estimate of drug-likeness (QED) is 0.458.